The number of thioether (sulfide) groups is 1. The average molecular weight is 426 g/mol. The highest BCUT2D eigenvalue weighted by molar-refractivity contribution is 8.18. The van der Waals surface area contributed by atoms with Gasteiger partial charge in [-0.05, 0) is 30.8 Å². The summed E-state index contributed by atoms with van der Waals surface area (Å²) >= 11 is 2.66. The van der Waals surface area contributed by atoms with Crippen molar-refractivity contribution >= 4 is 51.1 Å². The monoisotopic (exact) mass is 426 g/mol. The first-order chi connectivity index (χ1) is 14.0. The van der Waals surface area contributed by atoms with Gasteiger partial charge in [-0.2, -0.15) is 4.99 Å². The second-order valence-electron chi connectivity index (χ2n) is 5.88. The van der Waals surface area contributed by atoms with Crippen LogP contribution in [0, 0.1) is 10.1 Å². The largest absolute Gasteiger partial charge is 0.457 e. The van der Waals surface area contributed by atoms with Crippen LogP contribution in [0.15, 0.2) is 62.3 Å². The summed E-state index contributed by atoms with van der Waals surface area (Å²) in [6.45, 7) is 2.37. The van der Waals surface area contributed by atoms with E-state index in [2.05, 4.69) is 9.98 Å². The molecule has 0 unspecified atom stereocenters. The molecule has 4 rings (SSSR count). The maximum absolute atomic E-state index is 12.7. The van der Waals surface area contributed by atoms with E-state index >= 15 is 0 Å². The van der Waals surface area contributed by atoms with Crippen LogP contribution < -0.4 is 0 Å². The van der Waals surface area contributed by atoms with Crippen LogP contribution in [0.1, 0.15) is 12.7 Å². The number of carbonyl (C=O) groups excluding carboxylic acids is 1. The molecule has 0 radical (unpaired) electrons. The molecule has 10 heteroatoms. The van der Waals surface area contributed by atoms with E-state index in [1.54, 1.807) is 41.4 Å². The lowest BCUT2D eigenvalue weighted by Gasteiger charge is -2.11. The average Bonchev–Trinajstić information content (AvgIpc) is 3.45. The number of nitro groups is 1. The highest BCUT2D eigenvalue weighted by Crippen LogP contribution is 2.35. The number of nitro benzene ring substituents is 1. The van der Waals surface area contributed by atoms with Crippen LogP contribution in [0.3, 0.4) is 0 Å². The Morgan fingerprint density at radius 3 is 2.93 bits per heavy atom. The number of benzene rings is 1. The molecule has 29 heavy (non-hydrogen) atoms. The van der Waals surface area contributed by atoms with Gasteiger partial charge in [0.25, 0.3) is 11.6 Å². The van der Waals surface area contributed by atoms with E-state index in [9.17, 15) is 14.9 Å². The number of nitrogens with zero attached hydrogens (tertiary/aromatic N) is 4. The maximum Gasteiger partial charge on any atom is 0.270 e. The van der Waals surface area contributed by atoms with E-state index in [0.717, 1.165) is 0 Å². The molecule has 3 aromatic rings. The first kappa shape index (κ1) is 19.1. The van der Waals surface area contributed by atoms with Crippen molar-refractivity contribution in [2.24, 2.45) is 4.99 Å². The minimum Gasteiger partial charge on any atom is -0.457 e. The first-order valence-electron chi connectivity index (χ1n) is 8.59. The van der Waals surface area contributed by atoms with Crippen molar-refractivity contribution in [3.63, 3.8) is 0 Å². The predicted molar refractivity (Wildman–Crippen MR) is 113 cm³/mol. The minimum atomic E-state index is -0.453. The van der Waals surface area contributed by atoms with Crippen molar-refractivity contribution in [1.82, 2.24) is 9.88 Å². The fourth-order valence-corrected chi connectivity index (χ4v) is 4.30. The molecule has 1 fully saturated rings. The molecule has 1 aliphatic rings. The third-order valence-corrected chi connectivity index (χ3v) is 5.73. The number of rotatable bonds is 5. The molecule has 0 saturated carbocycles. The van der Waals surface area contributed by atoms with Gasteiger partial charge in [-0.25, -0.2) is 4.98 Å². The second-order valence-corrected chi connectivity index (χ2v) is 7.76. The Morgan fingerprint density at radius 1 is 1.34 bits per heavy atom. The molecule has 0 atom stereocenters. The number of carbonyl (C=O) groups is 1. The van der Waals surface area contributed by atoms with Crippen LogP contribution in [-0.4, -0.2) is 32.4 Å². The lowest BCUT2D eigenvalue weighted by Crippen LogP contribution is -2.28. The van der Waals surface area contributed by atoms with Gasteiger partial charge in [0.05, 0.1) is 9.83 Å². The number of thiazole rings is 1. The van der Waals surface area contributed by atoms with Crippen molar-refractivity contribution in [3.8, 4) is 11.3 Å². The summed E-state index contributed by atoms with van der Waals surface area (Å²) < 4.78 is 5.79. The number of non-ortho nitro benzene ring substituents is 1. The lowest BCUT2D eigenvalue weighted by molar-refractivity contribution is -0.384. The molecule has 8 nitrogen and oxygen atoms in total. The molecule has 1 aromatic carbocycles. The minimum absolute atomic E-state index is 0.0121. The molecule has 1 amide bonds. The summed E-state index contributed by atoms with van der Waals surface area (Å²) in [6, 6.07) is 9.65. The van der Waals surface area contributed by atoms with Crippen molar-refractivity contribution in [3.05, 3.63) is 68.8 Å². The Labute approximate surface area is 173 Å². The van der Waals surface area contributed by atoms with Crippen LogP contribution in [0.5, 0.6) is 0 Å². The van der Waals surface area contributed by atoms with Crippen LogP contribution in [0.4, 0.5) is 10.8 Å². The standard InChI is InChI=1S/C19H14N4O4S2/c1-2-22-17(24)16(29-19(22)21-18-20-8-9-28-18)11-14-6-7-15(27-14)12-4-3-5-13(10-12)23(25)26/h3-11H,2H2,1H3/b16-11+,21-19+. The third kappa shape index (κ3) is 3.98. The van der Waals surface area contributed by atoms with Gasteiger partial charge in [-0.15, -0.1) is 11.3 Å². The van der Waals surface area contributed by atoms with E-state index in [1.165, 1.54) is 35.2 Å². The van der Waals surface area contributed by atoms with E-state index in [4.69, 9.17) is 4.42 Å². The van der Waals surface area contributed by atoms with Crippen LogP contribution >= 0.6 is 23.1 Å². The highest BCUT2D eigenvalue weighted by atomic mass is 32.2. The van der Waals surface area contributed by atoms with Gasteiger partial charge in [0.15, 0.2) is 5.17 Å². The Morgan fingerprint density at radius 2 is 2.21 bits per heavy atom. The molecular formula is C19H14N4O4S2. The van der Waals surface area contributed by atoms with Crippen molar-refractivity contribution < 1.29 is 14.1 Å². The topological polar surface area (TPSA) is 102 Å². The summed E-state index contributed by atoms with van der Waals surface area (Å²) in [7, 11) is 0. The molecule has 0 N–H and O–H groups in total. The van der Waals surface area contributed by atoms with Gasteiger partial charge < -0.3 is 4.42 Å². The maximum atomic E-state index is 12.7. The SMILES string of the molecule is CCN1C(=O)/C(=C\c2ccc(-c3cccc([N+](=O)[O-])c3)o2)S/C1=N/c1nccs1. The van der Waals surface area contributed by atoms with E-state index < -0.39 is 4.92 Å². The molecular weight excluding hydrogens is 412 g/mol. The molecule has 1 saturated heterocycles. The normalized spacial score (nSPS) is 16.9. The van der Waals surface area contributed by atoms with E-state index in [-0.39, 0.29) is 11.6 Å². The van der Waals surface area contributed by atoms with Gasteiger partial charge in [0, 0.05) is 41.9 Å². The summed E-state index contributed by atoms with van der Waals surface area (Å²) in [5, 5.41) is 14.0. The molecule has 0 spiro atoms. The van der Waals surface area contributed by atoms with Gasteiger partial charge in [-0.3, -0.25) is 19.8 Å². The first-order valence-corrected chi connectivity index (χ1v) is 10.3. The zero-order chi connectivity index (χ0) is 20.4. The number of likely N-dealkylation sites (N-methyl/N-ethyl adjacent to an activating group) is 1. The van der Waals surface area contributed by atoms with Crippen LogP contribution in [0.25, 0.3) is 17.4 Å². The van der Waals surface area contributed by atoms with Crippen LogP contribution in [-0.2, 0) is 4.79 Å². The number of hydrogen-bond donors (Lipinski definition) is 0. The Balaban J connectivity index is 1.61. The van der Waals surface area contributed by atoms with Crippen LogP contribution in [0.2, 0.25) is 0 Å². The quantitative estimate of drug-likeness (QED) is 0.325. The van der Waals surface area contributed by atoms with Gasteiger partial charge in [-0.1, -0.05) is 12.1 Å². The third-order valence-electron chi connectivity index (χ3n) is 4.06. The number of amides is 1. The zero-order valence-electron chi connectivity index (χ0n) is 15.1. The number of furan rings is 1. The number of amidine groups is 1. The summed E-state index contributed by atoms with van der Waals surface area (Å²) in [5.74, 6) is 0.815. The van der Waals surface area contributed by atoms with Crippen molar-refractivity contribution in [2.75, 3.05) is 6.54 Å². The molecule has 3 heterocycles. The number of aliphatic imine (C=N–C) groups is 1. The molecule has 0 aliphatic carbocycles. The Bertz CT molecular complexity index is 1130. The Kier molecular flexibility index (Phi) is 5.28. The zero-order valence-corrected chi connectivity index (χ0v) is 16.8. The van der Waals surface area contributed by atoms with Gasteiger partial charge in [0.1, 0.15) is 11.5 Å². The number of aromatic nitrogens is 1. The van der Waals surface area contributed by atoms with Gasteiger partial charge >= 0.3 is 0 Å². The van der Waals surface area contributed by atoms with Gasteiger partial charge in [0.2, 0.25) is 5.13 Å². The molecule has 0 bridgehead atoms. The van der Waals surface area contributed by atoms with Crippen molar-refractivity contribution in [2.45, 2.75) is 6.92 Å². The highest BCUT2D eigenvalue weighted by Gasteiger charge is 2.32. The second kappa shape index (κ2) is 8.02. The van der Waals surface area contributed by atoms with E-state index in [0.29, 0.717) is 38.8 Å². The fraction of sp³-hybridized carbons (Fsp3) is 0.105. The fourth-order valence-electron chi connectivity index (χ4n) is 2.71. The smallest absolute Gasteiger partial charge is 0.270 e. The van der Waals surface area contributed by atoms with Crippen molar-refractivity contribution in [1.29, 1.82) is 0 Å². The number of hydrogen-bond acceptors (Lipinski definition) is 8. The summed E-state index contributed by atoms with van der Waals surface area (Å²) in [6.07, 6.45) is 3.32. The lowest BCUT2D eigenvalue weighted by atomic mass is 10.1. The molecule has 1 aliphatic heterocycles. The molecule has 2 aromatic heterocycles. The summed E-state index contributed by atoms with van der Waals surface area (Å²) in [4.78, 5) is 33.9. The molecule has 146 valence electrons. The van der Waals surface area contributed by atoms with E-state index in [1.807, 2.05) is 12.3 Å². The predicted octanol–water partition coefficient (Wildman–Crippen LogP) is 4.94. The summed E-state index contributed by atoms with van der Waals surface area (Å²) in [5.41, 5.74) is 0.581. The Hall–Kier alpha value is -3.24.